The Hall–Kier alpha value is -2.22. The zero-order chi connectivity index (χ0) is 18.1. The molecule has 8 heteroatoms. The Bertz CT molecular complexity index is 720. The molecule has 26 heavy (non-hydrogen) atoms. The van der Waals surface area contributed by atoms with E-state index >= 15 is 0 Å². The van der Waals surface area contributed by atoms with E-state index in [-0.39, 0.29) is 37.1 Å². The molecule has 2 aliphatic heterocycles. The molecule has 1 N–H and O–H groups in total. The van der Waals surface area contributed by atoms with Gasteiger partial charge in [0, 0.05) is 30.5 Å². The van der Waals surface area contributed by atoms with Crippen molar-refractivity contribution in [2.45, 2.75) is 64.1 Å². The van der Waals surface area contributed by atoms with Gasteiger partial charge in [-0.15, -0.1) is 0 Å². The highest BCUT2D eigenvalue weighted by Crippen LogP contribution is 2.33. The number of imide groups is 1. The second-order valence-corrected chi connectivity index (χ2v) is 7.21. The van der Waals surface area contributed by atoms with Gasteiger partial charge in [0.2, 0.25) is 17.7 Å². The largest absolute Gasteiger partial charge is 0.376 e. The Balaban J connectivity index is 1.43. The van der Waals surface area contributed by atoms with Crippen LogP contribution in [0.4, 0.5) is 0 Å². The fourth-order valence-corrected chi connectivity index (χ4v) is 4.10. The van der Waals surface area contributed by atoms with Crippen LogP contribution >= 0.6 is 0 Å². The van der Waals surface area contributed by atoms with Gasteiger partial charge in [-0.25, -0.2) is 0 Å². The maximum absolute atomic E-state index is 12.2. The first-order valence-corrected chi connectivity index (χ1v) is 9.40. The highest BCUT2D eigenvalue weighted by atomic mass is 16.5. The number of amides is 3. The molecule has 0 atom stereocenters. The highest BCUT2D eigenvalue weighted by Gasteiger charge is 2.31. The molecule has 0 unspecified atom stereocenters. The Morgan fingerprint density at radius 3 is 2.62 bits per heavy atom. The van der Waals surface area contributed by atoms with Crippen LogP contribution in [0.5, 0.6) is 0 Å². The SMILES string of the molecule is O=C(CN1C(=O)CCC1=O)NCc1nn(C2CCCC2)c2c1COCC2. The number of carbonyl (C=O) groups is 3. The number of ether oxygens (including phenoxy) is 1. The van der Waals surface area contributed by atoms with E-state index in [1.165, 1.54) is 18.5 Å². The molecule has 0 bridgehead atoms. The molecule has 0 spiro atoms. The van der Waals surface area contributed by atoms with E-state index in [0.29, 0.717) is 25.8 Å². The average Bonchev–Trinajstić information content (AvgIpc) is 3.36. The van der Waals surface area contributed by atoms with E-state index < -0.39 is 0 Å². The molecule has 2 fully saturated rings. The van der Waals surface area contributed by atoms with E-state index in [9.17, 15) is 14.4 Å². The van der Waals surface area contributed by atoms with Gasteiger partial charge in [-0.05, 0) is 12.8 Å². The van der Waals surface area contributed by atoms with Gasteiger partial charge in [0.15, 0.2) is 0 Å². The number of hydrogen-bond donors (Lipinski definition) is 1. The maximum atomic E-state index is 12.2. The average molecular weight is 360 g/mol. The van der Waals surface area contributed by atoms with Crippen molar-refractivity contribution < 1.29 is 19.1 Å². The predicted octanol–water partition coefficient (Wildman–Crippen LogP) is 0.836. The molecular weight excluding hydrogens is 336 g/mol. The molecule has 3 aliphatic rings. The number of nitrogens with zero attached hydrogens (tertiary/aromatic N) is 3. The van der Waals surface area contributed by atoms with Gasteiger partial charge in [0.25, 0.3) is 0 Å². The number of hydrogen-bond acceptors (Lipinski definition) is 5. The summed E-state index contributed by atoms with van der Waals surface area (Å²) in [6.45, 7) is 1.31. The molecule has 1 saturated carbocycles. The van der Waals surface area contributed by atoms with Crippen LogP contribution in [0.25, 0.3) is 0 Å². The second kappa shape index (κ2) is 7.19. The van der Waals surface area contributed by atoms with Gasteiger partial charge in [0.1, 0.15) is 6.54 Å². The fraction of sp³-hybridized carbons (Fsp3) is 0.667. The van der Waals surface area contributed by atoms with E-state index in [0.717, 1.165) is 35.4 Å². The quantitative estimate of drug-likeness (QED) is 0.785. The summed E-state index contributed by atoms with van der Waals surface area (Å²) in [5, 5.41) is 7.59. The number of carbonyl (C=O) groups excluding carboxylic acids is 3. The lowest BCUT2D eigenvalue weighted by molar-refractivity contribution is -0.142. The van der Waals surface area contributed by atoms with E-state index in [1.54, 1.807) is 0 Å². The van der Waals surface area contributed by atoms with Crippen LogP contribution in [0.3, 0.4) is 0 Å². The first-order chi connectivity index (χ1) is 12.6. The fourth-order valence-electron chi connectivity index (χ4n) is 4.10. The normalized spacial score (nSPS) is 20.7. The molecule has 1 aliphatic carbocycles. The number of aromatic nitrogens is 2. The maximum Gasteiger partial charge on any atom is 0.240 e. The third-order valence-corrected chi connectivity index (χ3v) is 5.51. The van der Waals surface area contributed by atoms with Crippen LogP contribution in [0, 0.1) is 0 Å². The Kier molecular flexibility index (Phi) is 4.76. The first-order valence-electron chi connectivity index (χ1n) is 9.40. The zero-order valence-corrected chi connectivity index (χ0v) is 14.8. The third-order valence-electron chi connectivity index (χ3n) is 5.51. The van der Waals surface area contributed by atoms with Gasteiger partial charge in [-0.2, -0.15) is 5.10 Å². The minimum atomic E-state index is -0.338. The Labute approximate surface area is 151 Å². The third kappa shape index (κ3) is 3.25. The van der Waals surface area contributed by atoms with Gasteiger partial charge < -0.3 is 10.1 Å². The monoisotopic (exact) mass is 360 g/mol. The van der Waals surface area contributed by atoms with Crippen LogP contribution in [-0.2, 0) is 38.7 Å². The van der Waals surface area contributed by atoms with Crippen LogP contribution in [0.2, 0.25) is 0 Å². The summed E-state index contributed by atoms with van der Waals surface area (Å²) in [6, 6.07) is 0.450. The van der Waals surface area contributed by atoms with Gasteiger partial charge >= 0.3 is 0 Å². The standard InChI is InChI=1S/C18H24N4O4/c23-16(10-21-17(24)5-6-18(21)25)19-9-14-13-11-26-8-7-15(13)22(20-14)12-3-1-2-4-12/h12H,1-11H2,(H,19,23). The van der Waals surface area contributed by atoms with Crippen molar-refractivity contribution in [2.75, 3.05) is 13.2 Å². The van der Waals surface area contributed by atoms with Crippen LogP contribution in [0.1, 0.15) is 61.5 Å². The van der Waals surface area contributed by atoms with Crippen molar-refractivity contribution in [1.29, 1.82) is 0 Å². The van der Waals surface area contributed by atoms with Crippen molar-refractivity contribution in [1.82, 2.24) is 20.0 Å². The molecule has 1 aromatic heterocycles. The van der Waals surface area contributed by atoms with Gasteiger partial charge in [0.05, 0.1) is 31.5 Å². The summed E-state index contributed by atoms with van der Waals surface area (Å²) in [5.74, 6) is -0.891. The lowest BCUT2D eigenvalue weighted by atomic mass is 10.1. The molecule has 140 valence electrons. The minimum absolute atomic E-state index is 0.197. The van der Waals surface area contributed by atoms with Crippen molar-refractivity contribution in [3.63, 3.8) is 0 Å². The molecule has 1 saturated heterocycles. The number of likely N-dealkylation sites (tertiary alicyclic amines) is 1. The zero-order valence-electron chi connectivity index (χ0n) is 14.8. The summed E-state index contributed by atoms with van der Waals surface area (Å²) >= 11 is 0. The molecule has 4 rings (SSSR count). The topological polar surface area (TPSA) is 93.5 Å². The van der Waals surface area contributed by atoms with Gasteiger partial charge in [-0.3, -0.25) is 24.0 Å². The molecule has 0 radical (unpaired) electrons. The summed E-state index contributed by atoms with van der Waals surface area (Å²) < 4.78 is 7.74. The number of fused-ring (bicyclic) bond motifs is 1. The van der Waals surface area contributed by atoms with Crippen LogP contribution in [-0.4, -0.2) is 45.6 Å². The summed E-state index contributed by atoms with van der Waals surface area (Å²) in [5.41, 5.74) is 3.15. The predicted molar refractivity (Wildman–Crippen MR) is 90.9 cm³/mol. The molecule has 3 heterocycles. The van der Waals surface area contributed by atoms with Gasteiger partial charge in [-0.1, -0.05) is 12.8 Å². The smallest absolute Gasteiger partial charge is 0.240 e. The van der Waals surface area contributed by atoms with Crippen molar-refractivity contribution in [3.05, 3.63) is 17.0 Å². The summed E-state index contributed by atoms with van der Waals surface area (Å²) in [4.78, 5) is 36.5. The van der Waals surface area contributed by atoms with E-state index in [2.05, 4.69) is 10.00 Å². The lowest BCUT2D eigenvalue weighted by Crippen LogP contribution is -2.39. The Morgan fingerprint density at radius 2 is 1.88 bits per heavy atom. The molecule has 1 aromatic rings. The van der Waals surface area contributed by atoms with Crippen LogP contribution in [0.15, 0.2) is 0 Å². The van der Waals surface area contributed by atoms with Crippen molar-refractivity contribution in [3.8, 4) is 0 Å². The van der Waals surface area contributed by atoms with E-state index in [4.69, 9.17) is 9.84 Å². The number of rotatable bonds is 5. The summed E-state index contributed by atoms with van der Waals surface area (Å²) in [7, 11) is 0. The first kappa shape index (κ1) is 17.2. The minimum Gasteiger partial charge on any atom is -0.376 e. The molecular formula is C18H24N4O4. The highest BCUT2D eigenvalue weighted by molar-refractivity contribution is 6.04. The van der Waals surface area contributed by atoms with Crippen molar-refractivity contribution >= 4 is 17.7 Å². The summed E-state index contributed by atoms with van der Waals surface area (Å²) in [6.07, 6.45) is 6.02. The van der Waals surface area contributed by atoms with E-state index in [1.807, 2.05) is 0 Å². The van der Waals surface area contributed by atoms with Crippen molar-refractivity contribution in [2.24, 2.45) is 0 Å². The molecule has 0 aromatic carbocycles. The second-order valence-electron chi connectivity index (χ2n) is 7.21. The van der Waals surface area contributed by atoms with Crippen LogP contribution < -0.4 is 5.32 Å². The molecule has 3 amide bonds. The number of nitrogens with one attached hydrogen (secondary N) is 1. The molecule has 8 nitrogen and oxygen atoms in total. The lowest BCUT2D eigenvalue weighted by Gasteiger charge is -2.18. The Morgan fingerprint density at radius 1 is 1.15 bits per heavy atom.